The number of nitrogens with one attached hydrogen (secondary N) is 1. The van der Waals surface area contributed by atoms with Crippen molar-refractivity contribution in [1.29, 1.82) is 0 Å². The maximum Gasteiger partial charge on any atom is 0.223 e. The first-order valence-electron chi connectivity index (χ1n) is 6.93. The van der Waals surface area contributed by atoms with Crippen LogP contribution in [0.15, 0.2) is 28.7 Å². The lowest BCUT2D eigenvalue weighted by atomic mass is 9.96. The molecule has 1 unspecified atom stereocenters. The Labute approximate surface area is 140 Å². The molecule has 0 radical (unpaired) electrons. The molecule has 0 bridgehead atoms. The van der Waals surface area contributed by atoms with E-state index >= 15 is 0 Å². The van der Waals surface area contributed by atoms with E-state index in [1.165, 1.54) is 0 Å². The van der Waals surface area contributed by atoms with Gasteiger partial charge in [-0.25, -0.2) is 0 Å². The van der Waals surface area contributed by atoms with E-state index in [0.29, 0.717) is 25.5 Å². The molecule has 1 atom stereocenters. The standard InChI is InChI=1S/C15H21BrN2O2.ClH/c1-15(10-17,11-6-7-11)18-14(19)8-9-20-13-5-3-2-4-12(13)16;/h2-5,11H,6-10,17H2,1H3,(H,18,19);1H. The quantitative estimate of drug-likeness (QED) is 0.768. The van der Waals surface area contributed by atoms with E-state index < -0.39 is 0 Å². The second kappa shape index (κ2) is 8.01. The maximum atomic E-state index is 12.0. The third-order valence-corrected chi connectivity index (χ3v) is 4.41. The van der Waals surface area contributed by atoms with Gasteiger partial charge in [-0.15, -0.1) is 12.4 Å². The number of benzene rings is 1. The molecule has 0 saturated heterocycles. The molecule has 1 fully saturated rings. The van der Waals surface area contributed by atoms with Crippen molar-refractivity contribution >= 4 is 34.2 Å². The lowest BCUT2D eigenvalue weighted by Crippen LogP contribution is -2.53. The number of para-hydroxylation sites is 1. The van der Waals surface area contributed by atoms with Gasteiger partial charge in [0.2, 0.25) is 5.91 Å². The molecule has 3 N–H and O–H groups in total. The lowest BCUT2D eigenvalue weighted by Gasteiger charge is -2.29. The first-order valence-corrected chi connectivity index (χ1v) is 7.73. The van der Waals surface area contributed by atoms with Crippen LogP contribution in [0.5, 0.6) is 5.75 Å². The SMILES string of the molecule is CC(CN)(NC(=O)CCOc1ccccc1Br)C1CC1.Cl. The van der Waals surface area contributed by atoms with Gasteiger partial charge >= 0.3 is 0 Å². The Morgan fingerprint density at radius 2 is 2.14 bits per heavy atom. The van der Waals surface area contributed by atoms with E-state index in [0.717, 1.165) is 23.1 Å². The fraction of sp³-hybridized carbons (Fsp3) is 0.533. The van der Waals surface area contributed by atoms with E-state index in [1.807, 2.05) is 31.2 Å². The molecule has 0 spiro atoms. The largest absolute Gasteiger partial charge is 0.492 e. The Kier molecular flexibility index (Phi) is 6.97. The molecule has 21 heavy (non-hydrogen) atoms. The Morgan fingerprint density at radius 1 is 1.48 bits per heavy atom. The smallest absolute Gasteiger partial charge is 0.223 e. The van der Waals surface area contributed by atoms with Gasteiger partial charge in [0.1, 0.15) is 5.75 Å². The maximum absolute atomic E-state index is 12.0. The second-order valence-electron chi connectivity index (χ2n) is 5.47. The summed E-state index contributed by atoms with van der Waals surface area (Å²) in [6.45, 7) is 2.87. The Bertz CT molecular complexity index is 482. The van der Waals surface area contributed by atoms with Crippen LogP contribution < -0.4 is 15.8 Å². The Hall–Kier alpha value is -0.780. The van der Waals surface area contributed by atoms with Gasteiger partial charge in [-0.1, -0.05) is 12.1 Å². The highest BCUT2D eigenvalue weighted by molar-refractivity contribution is 9.10. The molecule has 1 aromatic rings. The van der Waals surface area contributed by atoms with Gasteiger partial charge in [0, 0.05) is 6.54 Å². The minimum atomic E-state index is -0.260. The molecular formula is C15H22BrClN2O2. The van der Waals surface area contributed by atoms with E-state index in [-0.39, 0.29) is 23.9 Å². The number of amides is 1. The third kappa shape index (κ3) is 5.16. The Morgan fingerprint density at radius 3 is 2.71 bits per heavy atom. The molecule has 0 aliphatic heterocycles. The van der Waals surface area contributed by atoms with Crippen LogP contribution in [0.1, 0.15) is 26.2 Å². The normalized spacial score (nSPS) is 16.5. The van der Waals surface area contributed by atoms with E-state index in [4.69, 9.17) is 10.5 Å². The van der Waals surface area contributed by atoms with Gasteiger partial charge in [-0.2, -0.15) is 0 Å². The zero-order valence-corrected chi connectivity index (χ0v) is 14.5. The summed E-state index contributed by atoms with van der Waals surface area (Å²) < 4.78 is 6.49. The second-order valence-corrected chi connectivity index (χ2v) is 6.33. The predicted octanol–water partition coefficient (Wildman–Crippen LogP) is 2.88. The summed E-state index contributed by atoms with van der Waals surface area (Å²) in [4.78, 5) is 12.0. The topological polar surface area (TPSA) is 64.3 Å². The predicted molar refractivity (Wildman–Crippen MR) is 89.8 cm³/mol. The van der Waals surface area contributed by atoms with Crippen LogP contribution >= 0.6 is 28.3 Å². The fourth-order valence-electron chi connectivity index (χ4n) is 2.24. The van der Waals surface area contributed by atoms with Crippen molar-refractivity contribution in [2.45, 2.75) is 31.7 Å². The fourth-order valence-corrected chi connectivity index (χ4v) is 2.64. The number of carbonyl (C=O) groups is 1. The first-order chi connectivity index (χ1) is 9.55. The number of ether oxygens (including phenoxy) is 1. The van der Waals surface area contributed by atoms with E-state index in [2.05, 4.69) is 21.2 Å². The summed E-state index contributed by atoms with van der Waals surface area (Å²) >= 11 is 3.41. The molecule has 0 aromatic heterocycles. The summed E-state index contributed by atoms with van der Waals surface area (Å²) in [6, 6.07) is 7.61. The molecular weight excluding hydrogens is 356 g/mol. The molecule has 1 amide bonds. The summed E-state index contributed by atoms with van der Waals surface area (Å²) in [5.74, 6) is 1.28. The highest BCUT2D eigenvalue weighted by Gasteiger charge is 2.41. The highest BCUT2D eigenvalue weighted by Crippen LogP contribution is 2.38. The van der Waals surface area contributed by atoms with Gasteiger partial charge in [-0.3, -0.25) is 4.79 Å². The average Bonchev–Trinajstić information content (AvgIpc) is 3.25. The van der Waals surface area contributed by atoms with Crippen molar-refractivity contribution in [2.75, 3.05) is 13.2 Å². The van der Waals surface area contributed by atoms with Gasteiger partial charge < -0.3 is 15.8 Å². The van der Waals surface area contributed by atoms with Crippen molar-refractivity contribution in [3.8, 4) is 5.75 Å². The zero-order valence-electron chi connectivity index (χ0n) is 12.1. The molecule has 1 aromatic carbocycles. The van der Waals surface area contributed by atoms with Gasteiger partial charge in [0.05, 0.1) is 23.0 Å². The molecule has 4 nitrogen and oxygen atoms in total. The Balaban J connectivity index is 0.00000220. The summed E-state index contributed by atoms with van der Waals surface area (Å²) in [6.07, 6.45) is 2.65. The number of nitrogens with two attached hydrogens (primary N) is 1. The van der Waals surface area contributed by atoms with Crippen molar-refractivity contribution in [3.63, 3.8) is 0 Å². The lowest BCUT2D eigenvalue weighted by molar-refractivity contribution is -0.123. The minimum absolute atomic E-state index is 0. The molecule has 1 aliphatic carbocycles. The first kappa shape index (κ1) is 18.3. The molecule has 2 rings (SSSR count). The van der Waals surface area contributed by atoms with Crippen molar-refractivity contribution in [2.24, 2.45) is 11.7 Å². The van der Waals surface area contributed by atoms with E-state index in [9.17, 15) is 4.79 Å². The highest BCUT2D eigenvalue weighted by atomic mass is 79.9. The van der Waals surface area contributed by atoms with Crippen molar-refractivity contribution < 1.29 is 9.53 Å². The summed E-state index contributed by atoms with van der Waals surface area (Å²) in [5.41, 5.74) is 5.52. The molecule has 6 heteroatoms. The van der Waals surface area contributed by atoms with Crippen molar-refractivity contribution in [1.82, 2.24) is 5.32 Å². The number of halogens is 2. The van der Waals surface area contributed by atoms with Crippen LogP contribution in [0.2, 0.25) is 0 Å². The van der Waals surface area contributed by atoms with Crippen LogP contribution in [0, 0.1) is 5.92 Å². The number of carbonyl (C=O) groups excluding carboxylic acids is 1. The van der Waals surface area contributed by atoms with Crippen LogP contribution in [0.3, 0.4) is 0 Å². The van der Waals surface area contributed by atoms with E-state index in [1.54, 1.807) is 0 Å². The van der Waals surface area contributed by atoms with Crippen molar-refractivity contribution in [3.05, 3.63) is 28.7 Å². The van der Waals surface area contributed by atoms with Crippen LogP contribution in [-0.2, 0) is 4.79 Å². The number of hydrogen-bond acceptors (Lipinski definition) is 3. The molecule has 1 saturated carbocycles. The van der Waals surface area contributed by atoms with Gasteiger partial charge in [0.15, 0.2) is 0 Å². The van der Waals surface area contributed by atoms with Crippen LogP contribution in [0.25, 0.3) is 0 Å². The van der Waals surface area contributed by atoms with Crippen LogP contribution in [0.4, 0.5) is 0 Å². The zero-order chi connectivity index (χ0) is 14.6. The monoisotopic (exact) mass is 376 g/mol. The summed E-state index contributed by atoms with van der Waals surface area (Å²) in [7, 11) is 0. The molecule has 0 heterocycles. The third-order valence-electron chi connectivity index (χ3n) is 3.75. The minimum Gasteiger partial charge on any atom is -0.492 e. The molecule has 1 aliphatic rings. The molecule has 118 valence electrons. The number of rotatable bonds is 7. The van der Waals surface area contributed by atoms with Gasteiger partial charge in [0.25, 0.3) is 0 Å². The van der Waals surface area contributed by atoms with Gasteiger partial charge in [-0.05, 0) is 53.7 Å². The number of hydrogen-bond donors (Lipinski definition) is 2. The average molecular weight is 378 g/mol. The summed E-state index contributed by atoms with van der Waals surface area (Å²) in [5, 5.41) is 3.05. The van der Waals surface area contributed by atoms with Crippen LogP contribution in [-0.4, -0.2) is 24.6 Å².